The summed E-state index contributed by atoms with van der Waals surface area (Å²) in [4.78, 5) is 17.2. The van der Waals surface area contributed by atoms with E-state index in [1.165, 1.54) is 4.88 Å². The van der Waals surface area contributed by atoms with Crippen LogP contribution in [0.2, 0.25) is 0 Å². The van der Waals surface area contributed by atoms with Crippen molar-refractivity contribution in [2.75, 3.05) is 6.61 Å². The standard InChI is InChI=1S/C14H12N2O2S/c17-14(18-8-4-12-2-1-9-19-12)11-3-6-16-7-5-15-13(16)10-11/h1-3,5-7,9-10H,4,8H2. The second kappa shape index (κ2) is 5.24. The number of pyridine rings is 1. The molecule has 3 aromatic heterocycles. The van der Waals surface area contributed by atoms with Crippen LogP contribution >= 0.6 is 11.3 Å². The summed E-state index contributed by atoms with van der Waals surface area (Å²) in [5.41, 5.74) is 1.28. The van der Waals surface area contributed by atoms with Crippen LogP contribution in [-0.4, -0.2) is 22.0 Å². The Morgan fingerprint density at radius 1 is 1.37 bits per heavy atom. The highest BCUT2D eigenvalue weighted by atomic mass is 32.1. The van der Waals surface area contributed by atoms with Gasteiger partial charge in [0.2, 0.25) is 0 Å². The largest absolute Gasteiger partial charge is 0.462 e. The fourth-order valence-corrected chi connectivity index (χ4v) is 2.51. The predicted molar refractivity (Wildman–Crippen MR) is 73.5 cm³/mol. The highest BCUT2D eigenvalue weighted by Crippen LogP contribution is 2.10. The lowest BCUT2D eigenvalue weighted by Gasteiger charge is -2.04. The van der Waals surface area contributed by atoms with Gasteiger partial charge in [-0.15, -0.1) is 11.3 Å². The summed E-state index contributed by atoms with van der Waals surface area (Å²) in [5.74, 6) is -0.304. The third kappa shape index (κ3) is 2.66. The number of aromatic nitrogens is 2. The lowest BCUT2D eigenvalue weighted by Crippen LogP contribution is -2.08. The molecule has 0 unspecified atom stereocenters. The average molecular weight is 272 g/mol. The maximum atomic E-state index is 11.9. The molecule has 0 spiro atoms. The maximum Gasteiger partial charge on any atom is 0.338 e. The zero-order valence-electron chi connectivity index (χ0n) is 10.2. The van der Waals surface area contributed by atoms with Crippen LogP contribution in [0, 0.1) is 0 Å². The number of esters is 1. The fourth-order valence-electron chi connectivity index (χ4n) is 1.82. The second-order valence-corrected chi connectivity index (χ2v) is 5.11. The molecule has 3 aromatic rings. The Morgan fingerprint density at radius 3 is 3.16 bits per heavy atom. The van der Waals surface area contributed by atoms with E-state index in [1.807, 2.05) is 28.1 Å². The normalized spacial score (nSPS) is 10.7. The third-order valence-electron chi connectivity index (χ3n) is 2.80. The molecule has 0 bridgehead atoms. The first-order valence-electron chi connectivity index (χ1n) is 5.95. The molecule has 0 fully saturated rings. The Kier molecular flexibility index (Phi) is 3.29. The van der Waals surface area contributed by atoms with Crippen LogP contribution in [0.5, 0.6) is 0 Å². The van der Waals surface area contributed by atoms with Gasteiger partial charge in [0.05, 0.1) is 12.2 Å². The summed E-state index contributed by atoms with van der Waals surface area (Å²) < 4.78 is 7.11. The summed E-state index contributed by atoms with van der Waals surface area (Å²) in [6.07, 6.45) is 6.09. The Morgan fingerprint density at radius 2 is 2.32 bits per heavy atom. The number of rotatable bonds is 4. The number of hydrogen-bond acceptors (Lipinski definition) is 4. The zero-order chi connectivity index (χ0) is 13.1. The van der Waals surface area contributed by atoms with Crippen molar-refractivity contribution in [3.63, 3.8) is 0 Å². The van der Waals surface area contributed by atoms with Crippen molar-refractivity contribution in [1.82, 2.24) is 9.38 Å². The maximum absolute atomic E-state index is 11.9. The Hall–Kier alpha value is -2.14. The van der Waals surface area contributed by atoms with Gasteiger partial charge in [-0.1, -0.05) is 6.07 Å². The van der Waals surface area contributed by atoms with Crippen molar-refractivity contribution in [1.29, 1.82) is 0 Å². The molecule has 0 aromatic carbocycles. The molecule has 0 aliphatic heterocycles. The van der Waals surface area contributed by atoms with E-state index in [0.717, 1.165) is 12.1 Å². The number of nitrogens with zero attached hydrogens (tertiary/aromatic N) is 2. The monoisotopic (exact) mass is 272 g/mol. The molecule has 0 N–H and O–H groups in total. The Balaban J connectivity index is 1.63. The SMILES string of the molecule is O=C(OCCc1cccs1)c1ccn2ccnc2c1. The van der Waals surface area contributed by atoms with E-state index in [1.54, 1.807) is 35.9 Å². The molecule has 0 saturated heterocycles. The topological polar surface area (TPSA) is 43.6 Å². The molecule has 4 nitrogen and oxygen atoms in total. The van der Waals surface area contributed by atoms with E-state index in [9.17, 15) is 4.79 Å². The van der Waals surface area contributed by atoms with Crippen molar-refractivity contribution >= 4 is 23.0 Å². The molecule has 0 saturated carbocycles. The minimum absolute atomic E-state index is 0.304. The molecule has 19 heavy (non-hydrogen) atoms. The number of carbonyl (C=O) groups excluding carboxylic acids is 1. The van der Waals surface area contributed by atoms with Crippen LogP contribution in [0.15, 0.2) is 48.2 Å². The van der Waals surface area contributed by atoms with E-state index < -0.39 is 0 Å². The van der Waals surface area contributed by atoms with Crippen molar-refractivity contribution in [3.8, 4) is 0 Å². The molecule has 0 aliphatic carbocycles. The van der Waals surface area contributed by atoms with Crippen LogP contribution in [0.4, 0.5) is 0 Å². The molecule has 3 rings (SSSR count). The van der Waals surface area contributed by atoms with E-state index in [4.69, 9.17) is 4.74 Å². The molecule has 0 radical (unpaired) electrons. The first-order valence-corrected chi connectivity index (χ1v) is 6.83. The Bertz CT molecular complexity index is 688. The number of thiophene rings is 1. The van der Waals surface area contributed by atoms with Crippen LogP contribution in [0.25, 0.3) is 5.65 Å². The number of hydrogen-bond donors (Lipinski definition) is 0. The summed E-state index contributed by atoms with van der Waals surface area (Å²) in [5, 5.41) is 2.02. The van der Waals surface area contributed by atoms with Gasteiger partial charge in [0.25, 0.3) is 0 Å². The number of fused-ring (bicyclic) bond motifs is 1. The molecule has 96 valence electrons. The van der Waals surface area contributed by atoms with Gasteiger partial charge in [0.1, 0.15) is 5.65 Å². The highest BCUT2D eigenvalue weighted by molar-refractivity contribution is 7.09. The van der Waals surface area contributed by atoms with Gasteiger partial charge in [0, 0.05) is 29.9 Å². The van der Waals surface area contributed by atoms with Crippen LogP contribution in [-0.2, 0) is 11.2 Å². The van der Waals surface area contributed by atoms with Crippen molar-refractivity contribution in [2.24, 2.45) is 0 Å². The first kappa shape index (κ1) is 11.9. The van der Waals surface area contributed by atoms with E-state index in [2.05, 4.69) is 4.98 Å². The van der Waals surface area contributed by atoms with Crippen molar-refractivity contribution in [2.45, 2.75) is 6.42 Å². The minimum Gasteiger partial charge on any atom is -0.462 e. The summed E-state index contributed by atoms with van der Waals surface area (Å²) in [6.45, 7) is 0.402. The molecular formula is C14H12N2O2S. The van der Waals surface area contributed by atoms with Gasteiger partial charge >= 0.3 is 5.97 Å². The van der Waals surface area contributed by atoms with Crippen molar-refractivity contribution in [3.05, 3.63) is 58.7 Å². The van der Waals surface area contributed by atoms with Gasteiger partial charge < -0.3 is 9.14 Å². The van der Waals surface area contributed by atoms with Gasteiger partial charge in [0.15, 0.2) is 0 Å². The molecule has 0 aliphatic rings. The first-order chi connectivity index (χ1) is 9.33. The number of imidazole rings is 1. The smallest absolute Gasteiger partial charge is 0.338 e. The highest BCUT2D eigenvalue weighted by Gasteiger charge is 2.08. The number of ether oxygens (including phenoxy) is 1. The predicted octanol–water partition coefficient (Wildman–Crippen LogP) is 2.80. The average Bonchev–Trinajstić information content (AvgIpc) is 3.08. The van der Waals surface area contributed by atoms with Crippen molar-refractivity contribution < 1.29 is 9.53 Å². The van der Waals surface area contributed by atoms with Gasteiger partial charge in [-0.05, 0) is 23.6 Å². The summed E-state index contributed by atoms with van der Waals surface area (Å²) in [6, 6.07) is 7.50. The number of carbonyl (C=O) groups is 1. The Labute approximate surface area is 114 Å². The van der Waals surface area contributed by atoms with E-state index >= 15 is 0 Å². The quantitative estimate of drug-likeness (QED) is 0.686. The molecule has 0 atom stereocenters. The lowest BCUT2D eigenvalue weighted by molar-refractivity contribution is 0.0510. The fraction of sp³-hybridized carbons (Fsp3) is 0.143. The van der Waals surface area contributed by atoms with E-state index in [-0.39, 0.29) is 5.97 Å². The second-order valence-electron chi connectivity index (χ2n) is 4.07. The van der Waals surface area contributed by atoms with Crippen LogP contribution in [0.1, 0.15) is 15.2 Å². The molecular weight excluding hydrogens is 260 g/mol. The minimum atomic E-state index is -0.304. The zero-order valence-corrected chi connectivity index (χ0v) is 11.0. The van der Waals surface area contributed by atoms with E-state index in [0.29, 0.717) is 12.2 Å². The molecule has 3 heterocycles. The molecule has 0 amide bonds. The van der Waals surface area contributed by atoms with Crippen LogP contribution in [0.3, 0.4) is 0 Å². The summed E-state index contributed by atoms with van der Waals surface area (Å²) >= 11 is 1.67. The molecule has 5 heteroatoms. The summed E-state index contributed by atoms with van der Waals surface area (Å²) in [7, 11) is 0. The van der Waals surface area contributed by atoms with Gasteiger partial charge in [-0.2, -0.15) is 0 Å². The third-order valence-corrected chi connectivity index (χ3v) is 3.73. The lowest BCUT2D eigenvalue weighted by atomic mass is 10.2. The van der Waals surface area contributed by atoms with Gasteiger partial charge in [-0.25, -0.2) is 9.78 Å². The van der Waals surface area contributed by atoms with Crippen LogP contribution < -0.4 is 0 Å². The van der Waals surface area contributed by atoms with Gasteiger partial charge in [-0.3, -0.25) is 0 Å².